The topological polar surface area (TPSA) is 132 Å². The van der Waals surface area contributed by atoms with E-state index in [0.29, 0.717) is 21.6 Å². The summed E-state index contributed by atoms with van der Waals surface area (Å²) >= 11 is 0. The minimum atomic E-state index is -0.997. The number of nitro groups is 1. The molecule has 30 heavy (non-hydrogen) atoms. The standard InChI is InChI=1S/C19H21N3O8/c1-5-29-16(23)11-30-14-9-7-12(10-15(14)28-4)6-8-13-17(22(26)27)18(24)21(3)19(25)20(13)2/h6-10H,5,11H2,1-4H3/b8-6+. The highest BCUT2D eigenvalue weighted by molar-refractivity contribution is 5.73. The summed E-state index contributed by atoms with van der Waals surface area (Å²) in [6, 6.07) is 4.74. The fraction of sp³-hybridized carbons (Fsp3) is 0.316. The van der Waals surface area contributed by atoms with Gasteiger partial charge < -0.3 is 14.2 Å². The maximum absolute atomic E-state index is 12.1. The number of rotatable bonds is 8. The van der Waals surface area contributed by atoms with E-state index in [9.17, 15) is 24.5 Å². The van der Waals surface area contributed by atoms with E-state index in [2.05, 4.69) is 0 Å². The van der Waals surface area contributed by atoms with Crippen molar-refractivity contribution < 1.29 is 23.9 Å². The van der Waals surface area contributed by atoms with Crippen molar-refractivity contribution >= 4 is 23.8 Å². The first-order chi connectivity index (χ1) is 14.2. The summed E-state index contributed by atoms with van der Waals surface area (Å²) < 4.78 is 17.1. The van der Waals surface area contributed by atoms with Crippen LogP contribution in [0, 0.1) is 10.1 Å². The first-order valence-corrected chi connectivity index (χ1v) is 8.80. The molecular formula is C19H21N3O8. The smallest absolute Gasteiger partial charge is 0.357 e. The number of benzene rings is 1. The van der Waals surface area contributed by atoms with E-state index < -0.39 is 27.8 Å². The maximum atomic E-state index is 12.1. The van der Waals surface area contributed by atoms with Gasteiger partial charge in [-0.25, -0.2) is 9.59 Å². The van der Waals surface area contributed by atoms with Crippen LogP contribution in [0.5, 0.6) is 11.5 Å². The molecule has 1 aromatic heterocycles. The molecular weight excluding hydrogens is 398 g/mol. The Morgan fingerprint density at radius 3 is 2.47 bits per heavy atom. The van der Waals surface area contributed by atoms with Crippen molar-refractivity contribution in [2.24, 2.45) is 14.1 Å². The van der Waals surface area contributed by atoms with Gasteiger partial charge in [-0.1, -0.05) is 12.1 Å². The van der Waals surface area contributed by atoms with Crippen LogP contribution < -0.4 is 20.7 Å². The van der Waals surface area contributed by atoms with Crippen LogP contribution in [0.1, 0.15) is 18.2 Å². The van der Waals surface area contributed by atoms with Gasteiger partial charge in [-0.2, -0.15) is 0 Å². The molecule has 11 heteroatoms. The van der Waals surface area contributed by atoms with Crippen LogP contribution in [0.3, 0.4) is 0 Å². The van der Waals surface area contributed by atoms with Crippen molar-refractivity contribution in [1.82, 2.24) is 9.13 Å². The van der Waals surface area contributed by atoms with E-state index in [0.717, 1.165) is 4.57 Å². The number of nitrogens with zero attached hydrogens (tertiary/aromatic N) is 3. The van der Waals surface area contributed by atoms with E-state index in [1.807, 2.05) is 0 Å². The van der Waals surface area contributed by atoms with Crippen molar-refractivity contribution in [3.05, 3.63) is 60.4 Å². The summed E-state index contributed by atoms with van der Waals surface area (Å²) in [5, 5.41) is 11.4. The van der Waals surface area contributed by atoms with Gasteiger partial charge in [0.2, 0.25) is 0 Å². The molecule has 160 valence electrons. The Hall–Kier alpha value is -3.89. The second-order valence-corrected chi connectivity index (χ2v) is 6.03. The Morgan fingerprint density at radius 2 is 1.87 bits per heavy atom. The summed E-state index contributed by atoms with van der Waals surface area (Å²) in [6.07, 6.45) is 2.79. The molecule has 2 aromatic rings. The minimum Gasteiger partial charge on any atom is -0.493 e. The lowest BCUT2D eigenvalue weighted by Crippen LogP contribution is -2.39. The molecule has 1 heterocycles. The average molecular weight is 419 g/mol. The molecule has 2 rings (SSSR count). The summed E-state index contributed by atoms with van der Waals surface area (Å²) in [4.78, 5) is 46.2. The van der Waals surface area contributed by atoms with Crippen LogP contribution in [0.2, 0.25) is 0 Å². The lowest BCUT2D eigenvalue weighted by Gasteiger charge is -2.11. The molecule has 0 amide bonds. The van der Waals surface area contributed by atoms with E-state index in [-0.39, 0.29) is 18.9 Å². The monoisotopic (exact) mass is 419 g/mol. The molecule has 0 aliphatic rings. The van der Waals surface area contributed by atoms with Crippen LogP contribution in [0.4, 0.5) is 5.69 Å². The second kappa shape index (κ2) is 9.54. The van der Waals surface area contributed by atoms with Crippen molar-refractivity contribution in [3.8, 4) is 11.5 Å². The zero-order chi connectivity index (χ0) is 22.4. The SMILES string of the molecule is CCOC(=O)COc1ccc(/C=C/c2c([N+](=O)[O-])c(=O)n(C)c(=O)n2C)cc1OC. The lowest BCUT2D eigenvalue weighted by atomic mass is 10.1. The molecule has 0 radical (unpaired) electrons. The number of carbonyl (C=O) groups excluding carboxylic acids is 1. The van der Waals surface area contributed by atoms with Crippen molar-refractivity contribution in [3.63, 3.8) is 0 Å². The maximum Gasteiger partial charge on any atom is 0.357 e. The first-order valence-electron chi connectivity index (χ1n) is 8.80. The quantitative estimate of drug-likeness (QED) is 0.353. The Morgan fingerprint density at radius 1 is 1.17 bits per heavy atom. The van der Waals surface area contributed by atoms with Gasteiger partial charge in [0.05, 0.1) is 18.6 Å². The summed E-state index contributed by atoms with van der Waals surface area (Å²) in [7, 11) is 3.92. The number of carbonyl (C=O) groups is 1. The summed E-state index contributed by atoms with van der Waals surface area (Å²) in [6.45, 7) is 1.63. The Balaban J connectivity index is 2.39. The minimum absolute atomic E-state index is 0.144. The fourth-order valence-electron chi connectivity index (χ4n) is 2.63. The molecule has 11 nitrogen and oxygen atoms in total. The van der Waals surface area contributed by atoms with Gasteiger partial charge in [-0.05, 0) is 30.7 Å². The van der Waals surface area contributed by atoms with Crippen molar-refractivity contribution in [1.29, 1.82) is 0 Å². The molecule has 0 unspecified atom stereocenters. The Bertz CT molecular complexity index is 1110. The number of hydrogen-bond acceptors (Lipinski definition) is 8. The van der Waals surface area contributed by atoms with E-state index in [1.165, 1.54) is 33.4 Å². The molecule has 0 N–H and O–H groups in total. The molecule has 0 saturated heterocycles. The van der Waals surface area contributed by atoms with Gasteiger partial charge >= 0.3 is 22.9 Å². The third-order valence-electron chi connectivity index (χ3n) is 4.14. The molecule has 0 aliphatic carbocycles. The van der Waals surface area contributed by atoms with Gasteiger partial charge in [-0.3, -0.25) is 24.0 Å². The van der Waals surface area contributed by atoms with Gasteiger partial charge in [0.25, 0.3) is 0 Å². The Labute approximate surface area is 170 Å². The normalized spacial score (nSPS) is 10.8. The van der Waals surface area contributed by atoms with Crippen LogP contribution in [0.25, 0.3) is 12.2 Å². The average Bonchev–Trinajstić information content (AvgIpc) is 2.72. The van der Waals surface area contributed by atoms with E-state index in [1.54, 1.807) is 25.1 Å². The van der Waals surface area contributed by atoms with Gasteiger partial charge in [-0.15, -0.1) is 0 Å². The highest BCUT2D eigenvalue weighted by Crippen LogP contribution is 2.29. The van der Waals surface area contributed by atoms with Crippen LogP contribution in [-0.4, -0.2) is 40.4 Å². The number of hydrogen-bond donors (Lipinski definition) is 0. The van der Waals surface area contributed by atoms with E-state index >= 15 is 0 Å². The molecule has 0 fully saturated rings. The van der Waals surface area contributed by atoms with Gasteiger partial charge in [0, 0.05) is 14.1 Å². The van der Waals surface area contributed by atoms with Crippen molar-refractivity contribution in [2.45, 2.75) is 6.92 Å². The molecule has 0 bridgehead atoms. The second-order valence-electron chi connectivity index (χ2n) is 6.03. The van der Waals surface area contributed by atoms with E-state index in [4.69, 9.17) is 14.2 Å². The zero-order valence-corrected chi connectivity index (χ0v) is 16.9. The van der Waals surface area contributed by atoms with Crippen LogP contribution in [-0.2, 0) is 23.6 Å². The third-order valence-corrected chi connectivity index (χ3v) is 4.14. The number of aromatic nitrogens is 2. The van der Waals surface area contributed by atoms with Crippen molar-refractivity contribution in [2.75, 3.05) is 20.3 Å². The first kappa shape index (κ1) is 22.4. The van der Waals surface area contributed by atoms with Gasteiger partial charge in [0.1, 0.15) is 5.69 Å². The Kier molecular flexibility index (Phi) is 7.13. The molecule has 0 saturated carbocycles. The molecule has 0 atom stereocenters. The lowest BCUT2D eigenvalue weighted by molar-refractivity contribution is -0.387. The third kappa shape index (κ3) is 4.74. The van der Waals surface area contributed by atoms with Crippen LogP contribution >= 0.6 is 0 Å². The molecule has 0 spiro atoms. The van der Waals surface area contributed by atoms with Gasteiger partial charge in [0.15, 0.2) is 18.1 Å². The predicted molar refractivity (Wildman–Crippen MR) is 108 cm³/mol. The number of esters is 1. The highest BCUT2D eigenvalue weighted by Gasteiger charge is 2.23. The number of methoxy groups -OCH3 is 1. The number of ether oxygens (including phenoxy) is 3. The fourth-order valence-corrected chi connectivity index (χ4v) is 2.63. The predicted octanol–water partition coefficient (Wildman–Crippen LogP) is 1.11. The molecule has 1 aromatic carbocycles. The van der Waals surface area contributed by atoms with Crippen LogP contribution in [0.15, 0.2) is 27.8 Å². The summed E-state index contributed by atoms with van der Waals surface area (Å²) in [5.41, 5.74) is -1.99. The summed E-state index contributed by atoms with van der Waals surface area (Å²) in [5.74, 6) is 0.0888. The zero-order valence-electron chi connectivity index (χ0n) is 16.9. The highest BCUT2D eigenvalue weighted by atomic mass is 16.6. The molecule has 0 aliphatic heterocycles. The largest absolute Gasteiger partial charge is 0.493 e.